The smallest absolute Gasteiger partial charge is 0.229 e. The number of methoxy groups -OCH3 is 1. The van der Waals surface area contributed by atoms with Crippen molar-refractivity contribution in [2.24, 2.45) is 0 Å². The summed E-state index contributed by atoms with van der Waals surface area (Å²) in [6.45, 7) is 3.57. The van der Waals surface area contributed by atoms with Gasteiger partial charge in [0.15, 0.2) is 0 Å². The van der Waals surface area contributed by atoms with E-state index in [1.165, 1.54) is 5.69 Å². The molecule has 1 N–H and O–H groups in total. The number of hydrogen-bond donors (Lipinski definition) is 1. The maximum Gasteiger partial charge on any atom is 0.229 e. The Labute approximate surface area is 170 Å². The Hall–Kier alpha value is -3.79. The standard InChI is InChI=1S/C22H22N6O/c1-29-19-8-6-18(7-9-19)27-12-14-28(15-13-27)21-10-11-24-22(26-21)25-20-5-3-2-4-17(20)16-23/h2-11H,12-15H2,1H3,(H,24,25,26). The Morgan fingerprint density at radius 2 is 1.69 bits per heavy atom. The zero-order valence-electron chi connectivity index (χ0n) is 16.2. The second-order valence-corrected chi connectivity index (χ2v) is 6.69. The van der Waals surface area contributed by atoms with Crippen molar-refractivity contribution >= 4 is 23.1 Å². The molecule has 4 rings (SSSR count). The van der Waals surface area contributed by atoms with Gasteiger partial charge in [-0.25, -0.2) is 4.98 Å². The van der Waals surface area contributed by atoms with Gasteiger partial charge in [0.05, 0.1) is 18.4 Å². The zero-order chi connectivity index (χ0) is 20.1. The molecule has 0 saturated carbocycles. The largest absolute Gasteiger partial charge is 0.497 e. The Morgan fingerprint density at radius 1 is 0.966 bits per heavy atom. The topological polar surface area (TPSA) is 77.3 Å². The number of benzene rings is 2. The van der Waals surface area contributed by atoms with Gasteiger partial charge < -0.3 is 19.9 Å². The van der Waals surface area contributed by atoms with E-state index in [0.717, 1.165) is 37.7 Å². The minimum atomic E-state index is 0.489. The van der Waals surface area contributed by atoms with Gasteiger partial charge in [0.2, 0.25) is 5.95 Å². The van der Waals surface area contributed by atoms with Crippen LogP contribution in [0.3, 0.4) is 0 Å². The molecule has 0 radical (unpaired) electrons. The first-order valence-electron chi connectivity index (χ1n) is 9.50. The molecule has 0 spiro atoms. The van der Waals surface area contributed by atoms with E-state index in [2.05, 4.69) is 43.3 Å². The summed E-state index contributed by atoms with van der Waals surface area (Å²) in [6, 6.07) is 19.6. The lowest BCUT2D eigenvalue weighted by Gasteiger charge is -2.36. The van der Waals surface area contributed by atoms with Gasteiger partial charge in [0.25, 0.3) is 0 Å². The normalized spacial score (nSPS) is 13.7. The summed E-state index contributed by atoms with van der Waals surface area (Å²) >= 11 is 0. The van der Waals surface area contributed by atoms with Gasteiger partial charge in [0.1, 0.15) is 17.6 Å². The number of aromatic nitrogens is 2. The summed E-state index contributed by atoms with van der Waals surface area (Å²) in [6.07, 6.45) is 1.75. The highest BCUT2D eigenvalue weighted by atomic mass is 16.5. The third-order valence-electron chi connectivity index (χ3n) is 4.98. The second-order valence-electron chi connectivity index (χ2n) is 6.69. The third kappa shape index (κ3) is 4.22. The molecule has 146 valence electrons. The van der Waals surface area contributed by atoms with Crippen LogP contribution in [-0.4, -0.2) is 43.3 Å². The van der Waals surface area contributed by atoms with Gasteiger partial charge in [-0.2, -0.15) is 10.2 Å². The number of para-hydroxylation sites is 1. The maximum absolute atomic E-state index is 9.25. The molecule has 1 fully saturated rings. The van der Waals surface area contributed by atoms with Crippen molar-refractivity contribution < 1.29 is 4.74 Å². The van der Waals surface area contributed by atoms with Gasteiger partial charge in [-0.1, -0.05) is 12.1 Å². The molecular weight excluding hydrogens is 364 g/mol. The molecule has 0 bridgehead atoms. The van der Waals surface area contributed by atoms with Crippen LogP contribution in [0, 0.1) is 11.3 Å². The summed E-state index contributed by atoms with van der Waals surface area (Å²) in [5.74, 6) is 2.24. The van der Waals surface area contributed by atoms with Crippen LogP contribution in [0.25, 0.3) is 0 Å². The number of hydrogen-bond acceptors (Lipinski definition) is 7. The minimum Gasteiger partial charge on any atom is -0.497 e. The number of ether oxygens (including phenoxy) is 1. The van der Waals surface area contributed by atoms with Crippen molar-refractivity contribution in [1.29, 1.82) is 5.26 Å². The maximum atomic E-state index is 9.25. The molecule has 0 unspecified atom stereocenters. The molecule has 1 aliphatic heterocycles. The number of rotatable bonds is 5. The first-order valence-corrected chi connectivity index (χ1v) is 9.50. The molecule has 29 heavy (non-hydrogen) atoms. The average Bonchev–Trinajstić information content (AvgIpc) is 2.80. The van der Waals surface area contributed by atoms with E-state index in [4.69, 9.17) is 4.74 Å². The molecule has 1 saturated heterocycles. The van der Waals surface area contributed by atoms with Crippen molar-refractivity contribution in [2.45, 2.75) is 0 Å². The lowest BCUT2D eigenvalue weighted by Crippen LogP contribution is -2.46. The monoisotopic (exact) mass is 386 g/mol. The van der Waals surface area contributed by atoms with Crippen molar-refractivity contribution in [3.63, 3.8) is 0 Å². The van der Waals surface area contributed by atoms with E-state index < -0.39 is 0 Å². The fourth-order valence-electron chi connectivity index (χ4n) is 3.38. The molecule has 1 aliphatic rings. The highest BCUT2D eigenvalue weighted by Gasteiger charge is 2.19. The molecule has 3 aromatic rings. The van der Waals surface area contributed by atoms with Crippen molar-refractivity contribution in [1.82, 2.24) is 9.97 Å². The number of nitrogens with one attached hydrogen (secondary N) is 1. The zero-order valence-corrected chi connectivity index (χ0v) is 16.2. The number of anilines is 4. The van der Waals surface area contributed by atoms with E-state index in [-0.39, 0.29) is 0 Å². The van der Waals surface area contributed by atoms with Crippen LogP contribution < -0.4 is 19.9 Å². The van der Waals surface area contributed by atoms with Crippen LogP contribution in [0.4, 0.5) is 23.1 Å². The highest BCUT2D eigenvalue weighted by molar-refractivity contribution is 5.63. The van der Waals surface area contributed by atoms with Crippen molar-refractivity contribution in [3.8, 4) is 11.8 Å². The van der Waals surface area contributed by atoms with E-state index in [1.807, 2.05) is 36.4 Å². The van der Waals surface area contributed by atoms with E-state index in [1.54, 1.807) is 19.4 Å². The number of nitrogens with zero attached hydrogens (tertiary/aromatic N) is 5. The molecule has 0 amide bonds. The molecule has 2 heterocycles. The number of piperazine rings is 1. The van der Waals surface area contributed by atoms with Crippen LogP contribution >= 0.6 is 0 Å². The van der Waals surface area contributed by atoms with Gasteiger partial charge in [-0.3, -0.25) is 0 Å². The predicted octanol–water partition coefficient (Wildman–Crippen LogP) is 3.43. The van der Waals surface area contributed by atoms with Crippen LogP contribution in [0.15, 0.2) is 60.8 Å². The van der Waals surface area contributed by atoms with Crippen LogP contribution in [0.5, 0.6) is 5.75 Å². The first kappa shape index (κ1) is 18.6. The molecular formula is C22H22N6O. The van der Waals surface area contributed by atoms with Crippen LogP contribution in [-0.2, 0) is 0 Å². The van der Waals surface area contributed by atoms with Crippen LogP contribution in [0.1, 0.15) is 5.56 Å². The second kappa shape index (κ2) is 8.48. The Balaban J connectivity index is 1.42. The SMILES string of the molecule is COc1ccc(N2CCN(c3ccnc(Nc4ccccc4C#N)n3)CC2)cc1. The fourth-order valence-corrected chi connectivity index (χ4v) is 3.38. The summed E-state index contributed by atoms with van der Waals surface area (Å²) < 4.78 is 5.24. The Morgan fingerprint density at radius 3 is 2.41 bits per heavy atom. The summed E-state index contributed by atoms with van der Waals surface area (Å²) in [4.78, 5) is 13.6. The Kier molecular flexibility index (Phi) is 5.43. The van der Waals surface area contributed by atoms with Crippen molar-refractivity contribution in [3.05, 3.63) is 66.4 Å². The summed E-state index contributed by atoms with van der Waals surface area (Å²) in [7, 11) is 1.68. The quantitative estimate of drug-likeness (QED) is 0.720. The molecule has 0 aliphatic carbocycles. The van der Waals surface area contributed by atoms with Gasteiger partial charge in [-0.05, 0) is 42.5 Å². The number of nitriles is 1. The molecule has 2 aromatic carbocycles. The molecule has 7 nitrogen and oxygen atoms in total. The lowest BCUT2D eigenvalue weighted by molar-refractivity contribution is 0.415. The van der Waals surface area contributed by atoms with Crippen molar-refractivity contribution in [2.75, 3.05) is 48.4 Å². The molecule has 1 aromatic heterocycles. The highest BCUT2D eigenvalue weighted by Crippen LogP contribution is 2.23. The average molecular weight is 386 g/mol. The third-order valence-corrected chi connectivity index (χ3v) is 4.98. The molecule has 0 atom stereocenters. The van der Waals surface area contributed by atoms with E-state index >= 15 is 0 Å². The summed E-state index contributed by atoms with van der Waals surface area (Å²) in [5, 5.41) is 12.4. The van der Waals surface area contributed by atoms with E-state index in [9.17, 15) is 5.26 Å². The fraction of sp³-hybridized carbons (Fsp3) is 0.227. The van der Waals surface area contributed by atoms with Gasteiger partial charge >= 0.3 is 0 Å². The van der Waals surface area contributed by atoms with Gasteiger partial charge in [-0.15, -0.1) is 0 Å². The van der Waals surface area contributed by atoms with E-state index in [0.29, 0.717) is 17.2 Å². The minimum absolute atomic E-state index is 0.489. The van der Waals surface area contributed by atoms with Gasteiger partial charge in [0, 0.05) is 38.1 Å². The Bertz CT molecular complexity index is 1010. The molecule has 7 heteroatoms. The summed E-state index contributed by atoms with van der Waals surface area (Å²) in [5.41, 5.74) is 2.47. The predicted molar refractivity (Wildman–Crippen MR) is 114 cm³/mol. The van der Waals surface area contributed by atoms with Crippen LogP contribution in [0.2, 0.25) is 0 Å². The first-order chi connectivity index (χ1) is 14.3. The lowest BCUT2D eigenvalue weighted by atomic mass is 10.2.